The fraction of sp³-hybridized carbons (Fsp3) is 0.150. The second kappa shape index (κ2) is 7.65. The van der Waals surface area contributed by atoms with E-state index in [-0.39, 0.29) is 18.4 Å². The Morgan fingerprint density at radius 3 is 2.46 bits per heavy atom. The van der Waals surface area contributed by atoms with Crippen LogP contribution in [0.5, 0.6) is 0 Å². The third-order valence-electron chi connectivity index (χ3n) is 3.95. The minimum Gasteiger partial charge on any atom is -0.331 e. The Morgan fingerprint density at radius 2 is 1.77 bits per heavy atom. The number of benzene rings is 2. The molecule has 6 nitrogen and oxygen atoms in total. The molecule has 0 aliphatic carbocycles. The average molecular weight is 348 g/mol. The smallest absolute Gasteiger partial charge is 0.272 e. The van der Waals surface area contributed by atoms with E-state index < -0.39 is 0 Å². The maximum Gasteiger partial charge on any atom is 0.272 e. The standard InChI is InChI=1S/C20H20N4O2/c1-15-8-10-16(11-9-15)22-19(25)13-23(2)20(26)18-12-21-14-24(18)17-6-4-3-5-7-17/h3-12,14H,13H2,1-2H3,(H,22,25). The molecule has 1 N–H and O–H groups in total. The topological polar surface area (TPSA) is 67.2 Å². The van der Waals surface area contributed by atoms with Gasteiger partial charge in [0, 0.05) is 18.4 Å². The third kappa shape index (κ3) is 3.97. The summed E-state index contributed by atoms with van der Waals surface area (Å²) in [4.78, 5) is 30.4. The van der Waals surface area contributed by atoms with Gasteiger partial charge in [0.2, 0.25) is 5.91 Å². The number of amides is 2. The molecule has 0 saturated heterocycles. The number of carbonyl (C=O) groups is 2. The number of aromatic nitrogens is 2. The lowest BCUT2D eigenvalue weighted by Crippen LogP contribution is -2.35. The number of para-hydroxylation sites is 1. The van der Waals surface area contributed by atoms with Gasteiger partial charge in [-0.2, -0.15) is 0 Å². The van der Waals surface area contributed by atoms with E-state index in [2.05, 4.69) is 10.3 Å². The fourth-order valence-electron chi connectivity index (χ4n) is 2.57. The summed E-state index contributed by atoms with van der Waals surface area (Å²) in [5.41, 5.74) is 3.06. The monoisotopic (exact) mass is 348 g/mol. The molecule has 0 unspecified atom stereocenters. The molecule has 3 aromatic rings. The van der Waals surface area contributed by atoms with Crippen molar-refractivity contribution in [3.05, 3.63) is 78.4 Å². The van der Waals surface area contributed by atoms with E-state index >= 15 is 0 Å². The number of carbonyl (C=O) groups excluding carboxylic acids is 2. The number of hydrogen-bond donors (Lipinski definition) is 1. The lowest BCUT2D eigenvalue weighted by atomic mass is 10.2. The molecular weight excluding hydrogens is 328 g/mol. The van der Waals surface area contributed by atoms with Crippen LogP contribution in [0.4, 0.5) is 5.69 Å². The zero-order valence-corrected chi connectivity index (χ0v) is 14.7. The van der Waals surface area contributed by atoms with Gasteiger partial charge in [0.25, 0.3) is 5.91 Å². The highest BCUT2D eigenvalue weighted by molar-refractivity contribution is 5.98. The number of likely N-dealkylation sites (N-methyl/N-ethyl adjacent to an activating group) is 1. The van der Waals surface area contributed by atoms with E-state index in [1.165, 1.54) is 11.1 Å². The first-order chi connectivity index (χ1) is 12.5. The van der Waals surface area contributed by atoms with Gasteiger partial charge in [-0.1, -0.05) is 35.9 Å². The predicted octanol–water partition coefficient (Wildman–Crippen LogP) is 2.89. The van der Waals surface area contributed by atoms with Gasteiger partial charge in [0.1, 0.15) is 5.69 Å². The maximum absolute atomic E-state index is 12.7. The van der Waals surface area contributed by atoms with E-state index in [1.807, 2.05) is 61.5 Å². The summed E-state index contributed by atoms with van der Waals surface area (Å²) in [6.45, 7) is 1.93. The SMILES string of the molecule is Cc1ccc(NC(=O)CN(C)C(=O)c2cncn2-c2ccccc2)cc1. The van der Waals surface area contributed by atoms with Crippen LogP contribution >= 0.6 is 0 Å². The van der Waals surface area contributed by atoms with Crippen molar-refractivity contribution in [1.82, 2.24) is 14.5 Å². The van der Waals surface area contributed by atoms with E-state index in [0.717, 1.165) is 11.3 Å². The second-order valence-electron chi connectivity index (χ2n) is 6.06. The molecule has 3 rings (SSSR count). The lowest BCUT2D eigenvalue weighted by Gasteiger charge is -2.17. The predicted molar refractivity (Wildman–Crippen MR) is 100 cm³/mol. The molecule has 2 aromatic carbocycles. The minimum atomic E-state index is -0.273. The van der Waals surface area contributed by atoms with Crippen LogP contribution in [0.2, 0.25) is 0 Å². The zero-order chi connectivity index (χ0) is 18.5. The quantitative estimate of drug-likeness (QED) is 0.771. The highest BCUT2D eigenvalue weighted by Crippen LogP contribution is 2.13. The number of rotatable bonds is 5. The van der Waals surface area contributed by atoms with Crippen LogP contribution in [0.3, 0.4) is 0 Å². The summed E-state index contributed by atoms with van der Waals surface area (Å²) in [6.07, 6.45) is 3.09. The van der Waals surface area contributed by atoms with Crippen molar-refractivity contribution < 1.29 is 9.59 Å². The van der Waals surface area contributed by atoms with Gasteiger partial charge >= 0.3 is 0 Å². The first-order valence-electron chi connectivity index (χ1n) is 8.24. The molecule has 0 radical (unpaired) electrons. The van der Waals surface area contributed by atoms with Crippen molar-refractivity contribution in [2.75, 3.05) is 18.9 Å². The van der Waals surface area contributed by atoms with Crippen molar-refractivity contribution in [3.8, 4) is 5.69 Å². The van der Waals surface area contributed by atoms with E-state index in [1.54, 1.807) is 17.9 Å². The first-order valence-corrected chi connectivity index (χ1v) is 8.24. The summed E-state index contributed by atoms with van der Waals surface area (Å²) >= 11 is 0. The maximum atomic E-state index is 12.7. The molecular formula is C20H20N4O2. The zero-order valence-electron chi connectivity index (χ0n) is 14.7. The molecule has 0 bridgehead atoms. The Hall–Kier alpha value is -3.41. The van der Waals surface area contributed by atoms with E-state index in [4.69, 9.17) is 0 Å². The molecule has 1 aromatic heterocycles. The Morgan fingerprint density at radius 1 is 1.08 bits per heavy atom. The molecule has 0 atom stereocenters. The molecule has 0 spiro atoms. The van der Waals surface area contributed by atoms with Crippen LogP contribution in [0.25, 0.3) is 5.69 Å². The van der Waals surface area contributed by atoms with Gasteiger partial charge in [0.15, 0.2) is 0 Å². The van der Waals surface area contributed by atoms with Gasteiger partial charge < -0.3 is 10.2 Å². The van der Waals surface area contributed by atoms with Crippen LogP contribution in [0.1, 0.15) is 16.1 Å². The summed E-state index contributed by atoms with van der Waals surface area (Å²) < 4.78 is 1.71. The Kier molecular flexibility index (Phi) is 5.12. The third-order valence-corrected chi connectivity index (χ3v) is 3.95. The van der Waals surface area contributed by atoms with Crippen LogP contribution in [0, 0.1) is 6.92 Å². The van der Waals surface area contributed by atoms with E-state index in [0.29, 0.717) is 11.4 Å². The Labute approximate surface area is 152 Å². The molecule has 2 amide bonds. The lowest BCUT2D eigenvalue weighted by molar-refractivity contribution is -0.116. The van der Waals surface area contributed by atoms with Crippen molar-refractivity contribution >= 4 is 17.5 Å². The highest BCUT2D eigenvalue weighted by atomic mass is 16.2. The molecule has 0 fully saturated rings. The molecule has 132 valence electrons. The second-order valence-corrected chi connectivity index (χ2v) is 6.06. The van der Waals surface area contributed by atoms with Crippen LogP contribution in [-0.2, 0) is 4.79 Å². The number of hydrogen-bond acceptors (Lipinski definition) is 3. The minimum absolute atomic E-state index is 0.0489. The van der Waals surface area contributed by atoms with Gasteiger partial charge in [-0.05, 0) is 31.2 Å². The normalized spacial score (nSPS) is 10.4. The van der Waals surface area contributed by atoms with Crippen molar-refractivity contribution in [2.45, 2.75) is 6.92 Å². The average Bonchev–Trinajstić information content (AvgIpc) is 3.13. The van der Waals surface area contributed by atoms with Crippen LogP contribution in [0.15, 0.2) is 67.1 Å². The largest absolute Gasteiger partial charge is 0.331 e. The molecule has 0 saturated carbocycles. The molecule has 0 aliphatic heterocycles. The van der Waals surface area contributed by atoms with Crippen molar-refractivity contribution in [1.29, 1.82) is 0 Å². The van der Waals surface area contributed by atoms with Crippen LogP contribution in [-0.4, -0.2) is 39.9 Å². The number of anilines is 1. The van der Waals surface area contributed by atoms with Crippen molar-refractivity contribution in [2.24, 2.45) is 0 Å². The number of nitrogens with zero attached hydrogens (tertiary/aromatic N) is 3. The molecule has 1 heterocycles. The van der Waals surface area contributed by atoms with Gasteiger partial charge in [-0.15, -0.1) is 0 Å². The summed E-state index contributed by atoms with van der Waals surface area (Å²) in [5.74, 6) is -0.527. The Bertz CT molecular complexity index is 901. The van der Waals surface area contributed by atoms with Gasteiger partial charge in [-0.3, -0.25) is 14.2 Å². The number of imidazole rings is 1. The first kappa shape index (κ1) is 17.4. The van der Waals surface area contributed by atoms with Gasteiger partial charge in [-0.25, -0.2) is 4.98 Å². The van der Waals surface area contributed by atoms with E-state index in [9.17, 15) is 9.59 Å². The molecule has 0 aliphatic rings. The molecule has 6 heteroatoms. The fourth-order valence-corrected chi connectivity index (χ4v) is 2.57. The molecule has 26 heavy (non-hydrogen) atoms. The van der Waals surface area contributed by atoms with Crippen molar-refractivity contribution in [3.63, 3.8) is 0 Å². The summed E-state index contributed by atoms with van der Waals surface area (Å²) in [6, 6.07) is 17.0. The summed E-state index contributed by atoms with van der Waals surface area (Å²) in [5, 5.41) is 2.79. The highest BCUT2D eigenvalue weighted by Gasteiger charge is 2.19. The Balaban J connectivity index is 1.68. The summed E-state index contributed by atoms with van der Waals surface area (Å²) in [7, 11) is 1.60. The number of aryl methyl sites for hydroxylation is 1. The van der Waals surface area contributed by atoms with Gasteiger partial charge in [0.05, 0.1) is 19.1 Å². The number of nitrogens with one attached hydrogen (secondary N) is 1. The van der Waals surface area contributed by atoms with Crippen LogP contribution < -0.4 is 5.32 Å².